The molecule has 5 rings (SSSR count). The third-order valence-corrected chi connectivity index (χ3v) is 6.82. The SMILES string of the molecule is OC1c2cc(CN3CCCCC3)ccc2-c2ccc(CN3CCCCC3)cc21. The number of fused-ring (bicyclic) bond motifs is 3. The van der Waals surface area contributed by atoms with Crippen LogP contribution in [0.5, 0.6) is 0 Å². The van der Waals surface area contributed by atoms with Crippen LogP contribution in [-0.4, -0.2) is 41.1 Å². The molecule has 1 N–H and O–H groups in total. The molecule has 2 aromatic rings. The normalized spacial score (nSPS) is 20.9. The van der Waals surface area contributed by atoms with Gasteiger partial charge in [0.15, 0.2) is 0 Å². The van der Waals surface area contributed by atoms with Gasteiger partial charge in [0, 0.05) is 13.1 Å². The van der Waals surface area contributed by atoms with E-state index in [9.17, 15) is 5.11 Å². The minimum Gasteiger partial charge on any atom is -0.384 e. The first-order valence-corrected chi connectivity index (χ1v) is 11.2. The van der Waals surface area contributed by atoms with E-state index in [0.29, 0.717) is 0 Å². The van der Waals surface area contributed by atoms with Crippen LogP contribution < -0.4 is 0 Å². The van der Waals surface area contributed by atoms with Crippen molar-refractivity contribution in [3.63, 3.8) is 0 Å². The van der Waals surface area contributed by atoms with Crippen molar-refractivity contribution < 1.29 is 5.11 Å². The molecule has 3 aliphatic rings. The van der Waals surface area contributed by atoms with E-state index in [1.807, 2.05) is 0 Å². The molecule has 0 amide bonds. The maximum absolute atomic E-state index is 11.1. The number of aliphatic hydroxyl groups excluding tert-OH is 1. The van der Waals surface area contributed by atoms with Crippen molar-refractivity contribution in [1.82, 2.24) is 9.80 Å². The highest BCUT2D eigenvalue weighted by atomic mass is 16.3. The summed E-state index contributed by atoms with van der Waals surface area (Å²) >= 11 is 0. The summed E-state index contributed by atoms with van der Waals surface area (Å²) in [7, 11) is 0. The predicted octanol–water partition coefficient (Wildman–Crippen LogP) is 4.72. The summed E-state index contributed by atoms with van der Waals surface area (Å²) in [4.78, 5) is 5.10. The third kappa shape index (κ3) is 3.63. The van der Waals surface area contributed by atoms with E-state index >= 15 is 0 Å². The molecule has 0 saturated carbocycles. The molecule has 28 heavy (non-hydrogen) atoms. The van der Waals surface area contributed by atoms with Crippen LogP contribution in [0.4, 0.5) is 0 Å². The van der Waals surface area contributed by atoms with Gasteiger partial charge in [-0.25, -0.2) is 0 Å². The van der Waals surface area contributed by atoms with Gasteiger partial charge in [-0.1, -0.05) is 49.2 Å². The fourth-order valence-corrected chi connectivity index (χ4v) is 5.28. The Hall–Kier alpha value is -1.68. The highest BCUT2D eigenvalue weighted by Gasteiger charge is 2.28. The maximum Gasteiger partial charge on any atom is 0.105 e. The molecule has 0 bridgehead atoms. The van der Waals surface area contributed by atoms with Crippen LogP contribution in [0.15, 0.2) is 36.4 Å². The van der Waals surface area contributed by atoms with E-state index < -0.39 is 6.10 Å². The molecular weight excluding hydrogens is 344 g/mol. The highest BCUT2D eigenvalue weighted by Crippen LogP contribution is 2.44. The number of rotatable bonds is 4. The van der Waals surface area contributed by atoms with E-state index in [1.54, 1.807) is 0 Å². The zero-order chi connectivity index (χ0) is 18.9. The predicted molar refractivity (Wildman–Crippen MR) is 114 cm³/mol. The van der Waals surface area contributed by atoms with Crippen LogP contribution in [-0.2, 0) is 13.1 Å². The first kappa shape index (κ1) is 18.4. The minimum atomic E-state index is -0.479. The zero-order valence-corrected chi connectivity index (χ0v) is 16.9. The Kier molecular flexibility index (Phi) is 5.23. The largest absolute Gasteiger partial charge is 0.384 e. The van der Waals surface area contributed by atoms with E-state index in [1.165, 1.54) is 87.0 Å². The second-order valence-corrected chi connectivity index (χ2v) is 8.92. The molecule has 0 unspecified atom stereocenters. The summed E-state index contributed by atoms with van der Waals surface area (Å²) in [5, 5.41) is 11.1. The van der Waals surface area contributed by atoms with Crippen LogP contribution in [0.3, 0.4) is 0 Å². The van der Waals surface area contributed by atoms with Crippen LogP contribution in [0.25, 0.3) is 11.1 Å². The average molecular weight is 377 g/mol. The second-order valence-electron chi connectivity index (χ2n) is 8.92. The van der Waals surface area contributed by atoms with Crippen molar-refractivity contribution in [3.8, 4) is 11.1 Å². The molecule has 0 aromatic heterocycles. The molecule has 1 aliphatic carbocycles. The van der Waals surface area contributed by atoms with Crippen molar-refractivity contribution in [2.75, 3.05) is 26.2 Å². The summed E-state index contributed by atoms with van der Waals surface area (Å²) < 4.78 is 0. The van der Waals surface area contributed by atoms with Crippen molar-refractivity contribution in [3.05, 3.63) is 58.7 Å². The summed E-state index contributed by atoms with van der Waals surface area (Å²) in [5.74, 6) is 0. The molecular formula is C25H32N2O. The van der Waals surface area contributed by atoms with Crippen molar-refractivity contribution in [1.29, 1.82) is 0 Å². The Bertz CT molecular complexity index is 765. The summed E-state index contributed by atoms with van der Waals surface area (Å²) in [5.41, 5.74) is 7.30. The lowest BCUT2D eigenvalue weighted by Gasteiger charge is -2.26. The maximum atomic E-state index is 11.1. The molecule has 2 fully saturated rings. The van der Waals surface area contributed by atoms with Gasteiger partial charge in [-0.2, -0.15) is 0 Å². The Morgan fingerprint density at radius 2 is 1.07 bits per heavy atom. The highest BCUT2D eigenvalue weighted by molar-refractivity contribution is 5.78. The van der Waals surface area contributed by atoms with Gasteiger partial charge >= 0.3 is 0 Å². The number of benzene rings is 2. The fraction of sp³-hybridized carbons (Fsp3) is 0.520. The Morgan fingerprint density at radius 3 is 1.50 bits per heavy atom. The smallest absolute Gasteiger partial charge is 0.105 e. The first-order chi connectivity index (χ1) is 13.8. The lowest BCUT2D eigenvalue weighted by molar-refractivity contribution is 0.216. The van der Waals surface area contributed by atoms with E-state index in [-0.39, 0.29) is 0 Å². The van der Waals surface area contributed by atoms with Crippen LogP contribution in [0, 0.1) is 0 Å². The summed E-state index contributed by atoms with van der Waals surface area (Å²) in [6.07, 6.45) is 7.53. The van der Waals surface area contributed by atoms with E-state index in [2.05, 4.69) is 46.2 Å². The molecule has 2 saturated heterocycles. The number of likely N-dealkylation sites (tertiary alicyclic amines) is 2. The standard InChI is InChI=1S/C25H32N2O/c28-25-23-15-19(17-26-11-3-1-4-12-26)7-9-21(23)22-10-8-20(16-24(22)25)18-27-13-5-2-6-14-27/h7-10,15-16,25,28H,1-6,11-14,17-18H2. The second kappa shape index (κ2) is 7.98. The minimum absolute atomic E-state index is 0.479. The van der Waals surface area contributed by atoms with Gasteiger partial charge in [0.05, 0.1) is 0 Å². The van der Waals surface area contributed by atoms with Gasteiger partial charge in [-0.05, 0) is 85.2 Å². The molecule has 148 valence electrons. The molecule has 3 nitrogen and oxygen atoms in total. The van der Waals surface area contributed by atoms with Crippen molar-refractivity contribution in [2.45, 2.75) is 57.7 Å². The summed E-state index contributed by atoms with van der Waals surface area (Å²) in [6, 6.07) is 13.5. The van der Waals surface area contributed by atoms with Gasteiger partial charge in [0.2, 0.25) is 0 Å². The number of aliphatic hydroxyl groups is 1. The molecule has 2 aliphatic heterocycles. The first-order valence-electron chi connectivity index (χ1n) is 11.2. The molecule has 0 atom stereocenters. The Labute approximate surface area is 169 Å². The number of hydrogen-bond acceptors (Lipinski definition) is 3. The summed E-state index contributed by atoms with van der Waals surface area (Å²) in [6.45, 7) is 6.85. The number of nitrogens with zero attached hydrogens (tertiary/aromatic N) is 2. The lowest BCUT2D eigenvalue weighted by Crippen LogP contribution is -2.29. The van der Waals surface area contributed by atoms with Crippen molar-refractivity contribution >= 4 is 0 Å². The van der Waals surface area contributed by atoms with Crippen LogP contribution in [0.2, 0.25) is 0 Å². The van der Waals surface area contributed by atoms with Gasteiger partial charge < -0.3 is 5.11 Å². The molecule has 2 heterocycles. The molecule has 3 heteroatoms. The van der Waals surface area contributed by atoms with Crippen LogP contribution >= 0.6 is 0 Å². The number of hydrogen-bond donors (Lipinski definition) is 1. The average Bonchev–Trinajstić information content (AvgIpc) is 3.01. The third-order valence-electron chi connectivity index (χ3n) is 6.82. The van der Waals surface area contributed by atoms with Crippen LogP contribution in [0.1, 0.15) is 66.9 Å². The monoisotopic (exact) mass is 376 g/mol. The van der Waals surface area contributed by atoms with Gasteiger partial charge in [0.1, 0.15) is 6.10 Å². The van der Waals surface area contributed by atoms with Crippen molar-refractivity contribution in [2.24, 2.45) is 0 Å². The van der Waals surface area contributed by atoms with Gasteiger partial charge in [0.25, 0.3) is 0 Å². The zero-order valence-electron chi connectivity index (χ0n) is 16.9. The van der Waals surface area contributed by atoms with E-state index in [0.717, 1.165) is 24.2 Å². The van der Waals surface area contributed by atoms with Gasteiger partial charge in [-0.3, -0.25) is 9.80 Å². The quantitative estimate of drug-likeness (QED) is 0.836. The number of piperidine rings is 2. The van der Waals surface area contributed by atoms with E-state index in [4.69, 9.17) is 0 Å². The molecule has 0 spiro atoms. The Morgan fingerprint density at radius 1 is 0.643 bits per heavy atom. The molecule has 0 radical (unpaired) electrons. The van der Waals surface area contributed by atoms with Gasteiger partial charge in [-0.15, -0.1) is 0 Å². The Balaban J connectivity index is 1.35. The molecule has 2 aromatic carbocycles. The fourth-order valence-electron chi connectivity index (χ4n) is 5.28. The topological polar surface area (TPSA) is 26.7 Å². The lowest BCUT2D eigenvalue weighted by atomic mass is 10.0.